The zero-order valence-corrected chi connectivity index (χ0v) is 11.6. The number of aromatic nitrogens is 2. The van der Waals surface area contributed by atoms with E-state index in [1.165, 1.54) is 18.5 Å². The summed E-state index contributed by atoms with van der Waals surface area (Å²) in [6, 6.07) is 9.63. The predicted molar refractivity (Wildman–Crippen MR) is 74.1 cm³/mol. The standard InChI is InChI=1S/C14H10F3N5O/c15-14(16,17)13(22-12-18-7-4-8-19-12)11(23)20-10(21-13)9-5-2-1-3-6-9/h1-8H,(H,18,19,22)(H,20,21,23)/p+1/t13-/m1/s1. The fourth-order valence-corrected chi connectivity index (χ4v) is 2.12. The van der Waals surface area contributed by atoms with Crippen molar-refractivity contribution in [3.8, 4) is 0 Å². The number of amides is 1. The maximum atomic E-state index is 13.6. The van der Waals surface area contributed by atoms with Gasteiger partial charge in [-0.2, -0.15) is 13.2 Å². The van der Waals surface area contributed by atoms with Crippen molar-refractivity contribution in [2.75, 3.05) is 5.32 Å². The molecule has 1 aromatic heterocycles. The molecular formula is C14H11F3N5O+. The van der Waals surface area contributed by atoms with Crippen molar-refractivity contribution < 1.29 is 23.0 Å². The van der Waals surface area contributed by atoms with Crippen LogP contribution in [0.25, 0.3) is 0 Å². The zero-order chi connectivity index (χ0) is 16.5. The fraction of sp³-hybridized carbons (Fsp3) is 0.143. The first-order chi connectivity index (χ1) is 10.9. The van der Waals surface area contributed by atoms with Gasteiger partial charge in [-0.05, 0) is 18.2 Å². The molecule has 0 saturated heterocycles. The first-order valence-corrected chi connectivity index (χ1v) is 6.56. The molecule has 3 rings (SSSR count). The van der Waals surface area contributed by atoms with Gasteiger partial charge in [0.2, 0.25) is 5.95 Å². The summed E-state index contributed by atoms with van der Waals surface area (Å²) in [6.45, 7) is 0. The topological polar surface area (TPSA) is 80.9 Å². The number of hydrogen-bond donors (Lipinski definition) is 3. The van der Waals surface area contributed by atoms with Crippen molar-refractivity contribution in [3.63, 3.8) is 0 Å². The number of nitrogens with one attached hydrogen (secondary N) is 3. The summed E-state index contributed by atoms with van der Waals surface area (Å²) in [7, 11) is 0. The van der Waals surface area contributed by atoms with E-state index in [9.17, 15) is 18.0 Å². The van der Waals surface area contributed by atoms with Crippen LogP contribution in [0, 0.1) is 0 Å². The highest BCUT2D eigenvalue weighted by atomic mass is 19.4. The van der Waals surface area contributed by atoms with Gasteiger partial charge in [0.25, 0.3) is 5.84 Å². The van der Waals surface area contributed by atoms with Gasteiger partial charge in [-0.15, -0.1) is 0 Å². The van der Waals surface area contributed by atoms with Gasteiger partial charge < -0.3 is 0 Å². The number of halogens is 3. The molecule has 9 heteroatoms. The Kier molecular flexibility index (Phi) is 3.47. The molecule has 1 aliphatic rings. The van der Waals surface area contributed by atoms with E-state index in [4.69, 9.17) is 0 Å². The lowest BCUT2D eigenvalue weighted by atomic mass is 10.1. The average Bonchev–Trinajstić information content (AvgIpc) is 2.87. The van der Waals surface area contributed by atoms with Crippen molar-refractivity contribution >= 4 is 17.7 Å². The number of rotatable bonds is 3. The molecule has 2 heterocycles. The summed E-state index contributed by atoms with van der Waals surface area (Å²) in [5, 5.41) is 4.27. The Labute approximate surface area is 128 Å². The van der Waals surface area contributed by atoms with Gasteiger partial charge in [0.05, 0.1) is 5.56 Å². The molecule has 1 atom stereocenters. The first kappa shape index (κ1) is 14.9. The number of anilines is 1. The SMILES string of the molecule is O=C1NC(c2ccccc2)=[NH+][C@]1(Nc1ncccn1)C(F)(F)F. The van der Waals surface area contributed by atoms with Crippen LogP contribution in [-0.2, 0) is 4.79 Å². The largest absolute Gasteiger partial charge is 0.465 e. The number of carbonyl (C=O) groups excluding carboxylic acids is 1. The van der Waals surface area contributed by atoms with Crippen molar-refractivity contribution in [3.05, 3.63) is 54.4 Å². The monoisotopic (exact) mass is 322 g/mol. The van der Waals surface area contributed by atoms with Gasteiger partial charge in [0.15, 0.2) is 0 Å². The third-order valence-electron chi connectivity index (χ3n) is 3.24. The molecule has 1 aliphatic heterocycles. The molecule has 1 aromatic carbocycles. The zero-order valence-electron chi connectivity index (χ0n) is 11.6. The molecule has 3 N–H and O–H groups in total. The molecule has 2 aromatic rings. The minimum atomic E-state index is -4.92. The van der Waals surface area contributed by atoms with Crippen LogP contribution >= 0.6 is 0 Å². The summed E-state index contributed by atoms with van der Waals surface area (Å²) < 4.78 is 40.8. The number of carbonyl (C=O) groups is 1. The fourth-order valence-electron chi connectivity index (χ4n) is 2.12. The summed E-state index contributed by atoms with van der Waals surface area (Å²) in [5.41, 5.74) is -2.62. The smallest absolute Gasteiger partial charge is 0.296 e. The number of nitrogens with zero attached hydrogens (tertiary/aromatic N) is 2. The van der Waals surface area contributed by atoms with Gasteiger partial charge in [0.1, 0.15) is 0 Å². The van der Waals surface area contributed by atoms with E-state index in [1.54, 1.807) is 30.3 Å². The van der Waals surface area contributed by atoms with Crippen molar-refractivity contribution in [1.29, 1.82) is 0 Å². The Balaban J connectivity index is 2.06. The number of hydrogen-bond acceptors (Lipinski definition) is 4. The average molecular weight is 322 g/mol. The van der Waals surface area contributed by atoms with Crippen LogP contribution in [0.3, 0.4) is 0 Å². The molecule has 0 saturated carbocycles. The van der Waals surface area contributed by atoms with E-state index in [1.807, 2.05) is 0 Å². The Bertz CT molecular complexity index is 748. The summed E-state index contributed by atoms with van der Waals surface area (Å²) in [6.07, 6.45) is -2.38. The van der Waals surface area contributed by atoms with E-state index >= 15 is 0 Å². The second-order valence-electron chi connectivity index (χ2n) is 4.77. The number of alkyl halides is 3. The van der Waals surface area contributed by atoms with Crippen LogP contribution in [0.1, 0.15) is 5.56 Å². The highest BCUT2D eigenvalue weighted by Crippen LogP contribution is 2.29. The van der Waals surface area contributed by atoms with Crippen LogP contribution in [0.4, 0.5) is 19.1 Å². The third-order valence-corrected chi connectivity index (χ3v) is 3.24. The normalized spacial score (nSPS) is 20.8. The Morgan fingerprint density at radius 3 is 2.35 bits per heavy atom. The summed E-state index contributed by atoms with van der Waals surface area (Å²) >= 11 is 0. The van der Waals surface area contributed by atoms with Gasteiger partial charge in [-0.1, -0.05) is 18.2 Å². The molecule has 0 bridgehead atoms. The molecule has 0 spiro atoms. The molecular weight excluding hydrogens is 311 g/mol. The molecule has 1 amide bonds. The van der Waals surface area contributed by atoms with E-state index < -0.39 is 17.7 Å². The first-order valence-electron chi connectivity index (χ1n) is 6.56. The maximum Gasteiger partial charge on any atom is 0.465 e. The van der Waals surface area contributed by atoms with E-state index in [2.05, 4.69) is 25.6 Å². The Morgan fingerprint density at radius 2 is 1.74 bits per heavy atom. The molecule has 0 unspecified atom stereocenters. The van der Waals surface area contributed by atoms with Crippen LogP contribution < -0.4 is 15.6 Å². The Hall–Kier alpha value is -2.97. The molecule has 0 radical (unpaired) electrons. The van der Waals surface area contributed by atoms with Crippen molar-refractivity contribution in [2.24, 2.45) is 0 Å². The van der Waals surface area contributed by atoms with Crippen LogP contribution in [-0.4, -0.2) is 33.5 Å². The molecule has 118 valence electrons. The summed E-state index contributed by atoms with van der Waals surface area (Å²) in [4.78, 5) is 21.7. The van der Waals surface area contributed by atoms with Gasteiger partial charge in [-0.25, -0.2) is 25.1 Å². The lowest BCUT2D eigenvalue weighted by Crippen LogP contribution is -2.94. The lowest BCUT2D eigenvalue weighted by Gasteiger charge is -2.23. The lowest BCUT2D eigenvalue weighted by molar-refractivity contribution is -0.566. The Morgan fingerprint density at radius 1 is 1.09 bits per heavy atom. The van der Waals surface area contributed by atoms with Crippen molar-refractivity contribution in [1.82, 2.24) is 15.3 Å². The third kappa shape index (κ3) is 2.60. The molecule has 0 fully saturated rings. The minimum Gasteiger partial charge on any atom is -0.296 e. The van der Waals surface area contributed by atoms with E-state index in [-0.39, 0.29) is 11.8 Å². The van der Waals surface area contributed by atoms with Crippen LogP contribution in [0.2, 0.25) is 0 Å². The van der Waals surface area contributed by atoms with E-state index in [0.717, 1.165) is 0 Å². The van der Waals surface area contributed by atoms with Crippen LogP contribution in [0.5, 0.6) is 0 Å². The van der Waals surface area contributed by atoms with Gasteiger partial charge in [-0.3, -0.25) is 5.32 Å². The van der Waals surface area contributed by atoms with Gasteiger partial charge >= 0.3 is 17.7 Å². The van der Waals surface area contributed by atoms with E-state index in [0.29, 0.717) is 5.56 Å². The maximum absolute atomic E-state index is 13.6. The number of amidine groups is 1. The quantitative estimate of drug-likeness (QED) is 0.731. The molecule has 0 aliphatic carbocycles. The summed E-state index contributed by atoms with van der Waals surface area (Å²) in [5.74, 6) is -1.64. The van der Waals surface area contributed by atoms with Crippen LogP contribution in [0.15, 0.2) is 48.8 Å². The molecule has 23 heavy (non-hydrogen) atoms. The highest BCUT2D eigenvalue weighted by molar-refractivity contribution is 6.11. The second-order valence-corrected chi connectivity index (χ2v) is 4.77. The highest BCUT2D eigenvalue weighted by Gasteiger charge is 2.69. The van der Waals surface area contributed by atoms with Crippen molar-refractivity contribution in [2.45, 2.75) is 11.8 Å². The number of benzene rings is 1. The second kappa shape index (κ2) is 5.34. The molecule has 6 nitrogen and oxygen atoms in total. The predicted octanol–water partition coefficient (Wildman–Crippen LogP) is -0.196. The minimum absolute atomic E-state index is 0.0450. The van der Waals surface area contributed by atoms with Gasteiger partial charge in [0, 0.05) is 12.4 Å².